The molecular weight excluding hydrogens is 404 g/mol. The molecule has 0 aliphatic carbocycles. The molecule has 8 heteroatoms. The van der Waals surface area contributed by atoms with Gasteiger partial charge in [0, 0.05) is 12.5 Å². The van der Waals surface area contributed by atoms with Gasteiger partial charge >= 0.3 is 5.97 Å². The molecule has 0 radical (unpaired) electrons. The number of nitro benzene ring substituents is 1. The van der Waals surface area contributed by atoms with Crippen LogP contribution in [0.1, 0.15) is 23.6 Å². The first-order valence-electron chi connectivity index (χ1n) is 9.13. The number of fused-ring (bicyclic) bond motifs is 1. The van der Waals surface area contributed by atoms with Gasteiger partial charge in [-0.3, -0.25) is 14.9 Å². The minimum absolute atomic E-state index is 0.0420. The van der Waals surface area contributed by atoms with Crippen LogP contribution in [0.5, 0.6) is 0 Å². The molecule has 0 saturated carbocycles. The van der Waals surface area contributed by atoms with Crippen molar-refractivity contribution in [1.29, 1.82) is 0 Å². The molecule has 0 atom stereocenters. The van der Waals surface area contributed by atoms with E-state index in [0.717, 1.165) is 20.8 Å². The number of aromatic nitrogens is 1. The van der Waals surface area contributed by atoms with E-state index in [2.05, 4.69) is 4.98 Å². The average molecular weight is 420 g/mol. The van der Waals surface area contributed by atoms with Crippen LogP contribution >= 0.6 is 11.3 Å². The maximum atomic E-state index is 11.3. The lowest BCUT2D eigenvalue weighted by Gasteiger charge is -2.02. The number of aliphatic carboxylic acids is 1. The Hall–Kier alpha value is -3.78. The molecule has 2 heterocycles. The molecule has 2 aromatic heterocycles. The fourth-order valence-corrected chi connectivity index (χ4v) is 4.09. The molecule has 0 amide bonds. The van der Waals surface area contributed by atoms with Crippen molar-refractivity contribution in [2.75, 3.05) is 0 Å². The maximum absolute atomic E-state index is 11.3. The Balaban J connectivity index is 1.72. The third kappa shape index (κ3) is 4.13. The molecule has 0 fully saturated rings. The van der Waals surface area contributed by atoms with Gasteiger partial charge in [0.2, 0.25) is 0 Å². The summed E-state index contributed by atoms with van der Waals surface area (Å²) in [6.07, 6.45) is 2.00. The monoisotopic (exact) mass is 420 g/mol. The van der Waals surface area contributed by atoms with Crippen LogP contribution in [-0.2, 0) is 4.79 Å². The molecule has 0 bridgehead atoms. The van der Waals surface area contributed by atoms with E-state index in [9.17, 15) is 14.9 Å². The highest BCUT2D eigenvalue weighted by Gasteiger charge is 2.17. The summed E-state index contributed by atoms with van der Waals surface area (Å²) >= 11 is 1.48. The predicted molar refractivity (Wildman–Crippen MR) is 115 cm³/mol. The number of furan rings is 1. The smallest absolute Gasteiger partial charge is 0.303 e. The molecule has 0 aliphatic heterocycles. The molecule has 7 nitrogen and oxygen atoms in total. The molecule has 4 aromatic rings. The molecule has 2 aromatic carbocycles. The van der Waals surface area contributed by atoms with Crippen molar-refractivity contribution in [2.45, 2.75) is 12.8 Å². The molecule has 0 unspecified atom stereocenters. The number of nitro groups is 1. The first-order chi connectivity index (χ1) is 14.5. The maximum Gasteiger partial charge on any atom is 0.303 e. The van der Waals surface area contributed by atoms with Gasteiger partial charge in [0.1, 0.15) is 16.5 Å². The quantitative estimate of drug-likeness (QED) is 0.296. The minimum Gasteiger partial charge on any atom is -0.481 e. The van der Waals surface area contributed by atoms with Gasteiger partial charge in [-0.15, -0.1) is 11.3 Å². The molecule has 0 spiro atoms. The molecule has 4 rings (SSSR count). The summed E-state index contributed by atoms with van der Waals surface area (Å²) in [4.78, 5) is 26.6. The number of carboxylic acids is 1. The summed E-state index contributed by atoms with van der Waals surface area (Å²) in [6, 6.07) is 17.4. The number of hydrogen-bond donors (Lipinski definition) is 1. The number of carbonyl (C=O) groups is 1. The topological polar surface area (TPSA) is 106 Å². The third-order valence-electron chi connectivity index (χ3n) is 4.49. The van der Waals surface area contributed by atoms with E-state index >= 15 is 0 Å². The van der Waals surface area contributed by atoms with Gasteiger partial charge in [0.25, 0.3) is 5.69 Å². The Bertz CT molecular complexity index is 1240. The van der Waals surface area contributed by atoms with Crippen molar-refractivity contribution in [1.82, 2.24) is 4.98 Å². The lowest BCUT2D eigenvalue weighted by atomic mass is 10.1. The summed E-state index contributed by atoms with van der Waals surface area (Å²) < 4.78 is 6.85. The molecule has 0 aliphatic rings. The molecule has 1 N–H and O–H groups in total. The zero-order valence-corrected chi connectivity index (χ0v) is 16.5. The number of nitrogens with zero attached hydrogens (tertiary/aromatic N) is 2. The van der Waals surface area contributed by atoms with Gasteiger partial charge in [-0.25, -0.2) is 4.98 Å². The van der Waals surface area contributed by atoms with E-state index in [4.69, 9.17) is 9.52 Å². The van der Waals surface area contributed by atoms with Crippen molar-refractivity contribution >= 4 is 44.9 Å². The summed E-state index contributed by atoms with van der Waals surface area (Å²) in [5.74, 6) is -0.0553. The highest BCUT2D eigenvalue weighted by molar-refractivity contribution is 7.19. The van der Waals surface area contributed by atoms with Crippen molar-refractivity contribution in [2.24, 2.45) is 0 Å². The zero-order valence-electron chi connectivity index (χ0n) is 15.6. The summed E-state index contributed by atoms with van der Waals surface area (Å²) in [5.41, 5.74) is 1.93. The van der Waals surface area contributed by atoms with Crippen LogP contribution < -0.4 is 0 Å². The molecule has 0 saturated heterocycles. The van der Waals surface area contributed by atoms with Gasteiger partial charge in [0.05, 0.1) is 20.7 Å². The Kier molecular flexibility index (Phi) is 5.40. The van der Waals surface area contributed by atoms with Crippen LogP contribution in [0.3, 0.4) is 0 Å². The van der Waals surface area contributed by atoms with E-state index in [-0.39, 0.29) is 18.5 Å². The van der Waals surface area contributed by atoms with Gasteiger partial charge in [-0.2, -0.15) is 0 Å². The SMILES string of the molecule is O=C(O)CC/C(=C\c1ccc(-c2ccccc2[N+](=O)[O-])o1)c1nc2ccccc2s1. The summed E-state index contributed by atoms with van der Waals surface area (Å²) in [7, 11) is 0. The van der Waals surface area contributed by atoms with Crippen LogP contribution in [0.15, 0.2) is 65.1 Å². The second-order valence-electron chi connectivity index (χ2n) is 6.53. The fourth-order valence-electron chi connectivity index (χ4n) is 3.08. The van der Waals surface area contributed by atoms with Crippen LogP contribution in [0.2, 0.25) is 0 Å². The van der Waals surface area contributed by atoms with Crippen molar-refractivity contribution in [3.63, 3.8) is 0 Å². The normalized spacial score (nSPS) is 11.7. The third-order valence-corrected chi connectivity index (χ3v) is 5.60. The first-order valence-corrected chi connectivity index (χ1v) is 9.95. The number of hydrogen-bond acceptors (Lipinski definition) is 6. The van der Waals surface area contributed by atoms with Gasteiger partial charge in [-0.1, -0.05) is 24.3 Å². The van der Waals surface area contributed by atoms with E-state index in [0.29, 0.717) is 17.1 Å². The van der Waals surface area contributed by atoms with Crippen molar-refractivity contribution in [3.8, 4) is 11.3 Å². The fraction of sp³-hybridized carbons (Fsp3) is 0.0909. The van der Waals surface area contributed by atoms with Gasteiger partial charge in [0.15, 0.2) is 0 Å². The number of allylic oxidation sites excluding steroid dienone is 1. The zero-order chi connectivity index (χ0) is 21.1. The van der Waals surface area contributed by atoms with Crippen LogP contribution in [0.4, 0.5) is 5.69 Å². The van der Waals surface area contributed by atoms with Crippen LogP contribution in [0, 0.1) is 10.1 Å². The average Bonchev–Trinajstić information content (AvgIpc) is 3.37. The molecule has 30 heavy (non-hydrogen) atoms. The Morgan fingerprint density at radius 1 is 1.10 bits per heavy atom. The van der Waals surface area contributed by atoms with Crippen LogP contribution in [0.25, 0.3) is 33.2 Å². The van der Waals surface area contributed by atoms with Crippen LogP contribution in [-0.4, -0.2) is 21.0 Å². The lowest BCUT2D eigenvalue weighted by Crippen LogP contribution is -1.95. The lowest BCUT2D eigenvalue weighted by molar-refractivity contribution is -0.384. The molecule has 150 valence electrons. The molecular formula is C22H16N2O5S. The highest BCUT2D eigenvalue weighted by atomic mass is 32.1. The van der Waals surface area contributed by atoms with E-state index in [1.165, 1.54) is 17.4 Å². The van der Waals surface area contributed by atoms with Crippen molar-refractivity contribution in [3.05, 3.63) is 81.5 Å². The Morgan fingerprint density at radius 2 is 1.87 bits per heavy atom. The van der Waals surface area contributed by atoms with E-state index in [1.807, 2.05) is 24.3 Å². The van der Waals surface area contributed by atoms with Gasteiger partial charge in [-0.05, 0) is 48.4 Å². The minimum atomic E-state index is -0.901. The van der Waals surface area contributed by atoms with E-state index in [1.54, 1.807) is 36.4 Å². The number of benzene rings is 2. The second-order valence-corrected chi connectivity index (χ2v) is 7.56. The predicted octanol–water partition coefficient (Wildman–Crippen LogP) is 5.87. The Morgan fingerprint density at radius 3 is 2.63 bits per heavy atom. The largest absolute Gasteiger partial charge is 0.481 e. The second kappa shape index (κ2) is 8.30. The summed E-state index contributed by atoms with van der Waals surface area (Å²) in [5, 5.41) is 21.1. The highest BCUT2D eigenvalue weighted by Crippen LogP contribution is 2.34. The number of thiazole rings is 1. The summed E-state index contributed by atoms with van der Waals surface area (Å²) in [6.45, 7) is 0. The van der Waals surface area contributed by atoms with Crippen molar-refractivity contribution < 1.29 is 19.2 Å². The Labute approximate surface area is 175 Å². The standard InChI is InChI=1S/C22H16N2O5S/c25-21(26)12-9-14(22-23-17-6-2-4-8-20(17)30-22)13-15-10-11-19(29-15)16-5-1-3-7-18(16)24(27)28/h1-8,10-11,13H,9,12H2,(H,25,26)/b14-13+. The number of rotatable bonds is 7. The first kappa shape index (κ1) is 19.5. The number of carboxylic acid groups (broad SMARTS) is 1. The number of para-hydroxylation sites is 2. The van der Waals surface area contributed by atoms with E-state index < -0.39 is 10.9 Å². The van der Waals surface area contributed by atoms with Gasteiger partial charge < -0.3 is 9.52 Å².